The van der Waals surface area contributed by atoms with Crippen LogP contribution in [0.15, 0.2) is 24.3 Å². The minimum absolute atomic E-state index is 0.126. The van der Waals surface area contributed by atoms with E-state index in [1.807, 2.05) is 33.8 Å². The van der Waals surface area contributed by atoms with E-state index in [0.29, 0.717) is 22.5 Å². The van der Waals surface area contributed by atoms with Crippen LogP contribution in [0.4, 0.5) is 0 Å². The lowest BCUT2D eigenvalue weighted by Crippen LogP contribution is -2.27. The van der Waals surface area contributed by atoms with Gasteiger partial charge in [0, 0.05) is 11.4 Å². The third kappa shape index (κ3) is 5.23. The summed E-state index contributed by atoms with van der Waals surface area (Å²) in [6.07, 6.45) is -0.838. The SMILES string of the molecule is CCOC(=O)c1cc(C)n(C(c2cc(C)cc(C(C)(C)C)c2[O-])n2nc(C(=O)OCC)cc2C)n1. The van der Waals surface area contributed by atoms with E-state index in [4.69, 9.17) is 9.47 Å². The highest BCUT2D eigenvalue weighted by molar-refractivity contribution is 5.87. The molecule has 3 rings (SSSR count). The number of ether oxygens (including phenoxy) is 2. The predicted octanol–water partition coefficient (Wildman–Crippen LogP) is 3.82. The zero-order valence-corrected chi connectivity index (χ0v) is 21.6. The van der Waals surface area contributed by atoms with Gasteiger partial charge in [-0.25, -0.2) is 19.0 Å². The molecule has 0 bridgehead atoms. The molecule has 35 heavy (non-hydrogen) atoms. The van der Waals surface area contributed by atoms with E-state index in [9.17, 15) is 14.7 Å². The third-order valence-corrected chi connectivity index (χ3v) is 5.63. The van der Waals surface area contributed by atoms with E-state index in [0.717, 1.165) is 5.56 Å². The number of carbonyl (C=O) groups excluding carboxylic acids is 2. The smallest absolute Gasteiger partial charge is 0.358 e. The van der Waals surface area contributed by atoms with Crippen molar-refractivity contribution in [2.24, 2.45) is 0 Å². The monoisotopic (exact) mass is 481 g/mol. The number of rotatable bonds is 7. The van der Waals surface area contributed by atoms with Crippen molar-refractivity contribution >= 4 is 11.9 Å². The summed E-state index contributed by atoms with van der Waals surface area (Å²) in [5, 5.41) is 22.8. The third-order valence-electron chi connectivity index (χ3n) is 5.63. The number of hydrogen-bond acceptors (Lipinski definition) is 7. The summed E-state index contributed by atoms with van der Waals surface area (Å²) in [4.78, 5) is 24.8. The molecule has 0 saturated carbocycles. The van der Waals surface area contributed by atoms with Crippen LogP contribution in [0, 0.1) is 20.8 Å². The van der Waals surface area contributed by atoms with Crippen molar-refractivity contribution in [1.29, 1.82) is 0 Å². The van der Waals surface area contributed by atoms with Crippen molar-refractivity contribution in [2.75, 3.05) is 13.2 Å². The topological polar surface area (TPSA) is 111 Å². The normalized spacial score (nSPS) is 11.7. The maximum Gasteiger partial charge on any atom is 0.358 e. The molecule has 0 spiro atoms. The average Bonchev–Trinajstić information content (AvgIpc) is 3.34. The minimum Gasteiger partial charge on any atom is -0.872 e. The van der Waals surface area contributed by atoms with E-state index in [1.54, 1.807) is 55.3 Å². The van der Waals surface area contributed by atoms with Crippen molar-refractivity contribution in [3.8, 4) is 5.75 Å². The van der Waals surface area contributed by atoms with Crippen LogP contribution >= 0.6 is 0 Å². The second-order valence-corrected chi connectivity index (χ2v) is 9.53. The first-order chi connectivity index (χ1) is 16.4. The molecule has 3 aromatic rings. The van der Waals surface area contributed by atoms with E-state index in [1.165, 1.54) is 0 Å². The molecule has 2 aromatic heterocycles. The molecule has 0 radical (unpaired) electrons. The van der Waals surface area contributed by atoms with Gasteiger partial charge in [-0.15, -0.1) is 0 Å². The van der Waals surface area contributed by atoms with Crippen LogP contribution in [0.2, 0.25) is 0 Å². The van der Waals surface area contributed by atoms with Crippen molar-refractivity contribution < 1.29 is 24.2 Å². The largest absolute Gasteiger partial charge is 0.872 e. The van der Waals surface area contributed by atoms with Gasteiger partial charge >= 0.3 is 11.9 Å². The van der Waals surface area contributed by atoms with Gasteiger partial charge < -0.3 is 14.6 Å². The van der Waals surface area contributed by atoms with Gasteiger partial charge in [0.05, 0.1) is 13.2 Å². The zero-order chi connectivity index (χ0) is 26.1. The first kappa shape index (κ1) is 26.0. The summed E-state index contributed by atoms with van der Waals surface area (Å²) in [5.41, 5.74) is 3.10. The minimum atomic E-state index is -0.838. The first-order valence-corrected chi connectivity index (χ1v) is 11.7. The van der Waals surface area contributed by atoms with Gasteiger partial charge in [0.2, 0.25) is 0 Å². The molecule has 0 amide bonds. The predicted molar refractivity (Wildman–Crippen MR) is 129 cm³/mol. The molecule has 0 atom stereocenters. The first-order valence-electron chi connectivity index (χ1n) is 11.7. The van der Waals surface area contributed by atoms with Crippen LogP contribution in [0.25, 0.3) is 0 Å². The fourth-order valence-corrected chi connectivity index (χ4v) is 4.00. The van der Waals surface area contributed by atoms with Crippen LogP contribution in [0.1, 0.15) is 89.8 Å². The standard InChI is InChI=1S/C26H34N4O5/c1-9-34-24(32)20-13-16(4)29(27-20)23(30-17(5)14-21(28-30)25(33)35-10-2)18-11-15(3)12-19(22(18)31)26(6,7)8/h11-14,23,31H,9-10H2,1-8H3/p-1. The Hall–Kier alpha value is -3.62. The molecule has 1 aromatic carbocycles. The molecule has 0 aliphatic rings. The molecule has 2 heterocycles. The molecule has 9 heteroatoms. The number of aryl methyl sites for hydroxylation is 3. The fraction of sp³-hybridized carbons (Fsp3) is 0.462. The number of esters is 2. The second kappa shape index (κ2) is 9.93. The molecule has 9 nitrogen and oxygen atoms in total. The molecule has 0 aliphatic carbocycles. The van der Waals surface area contributed by atoms with Crippen molar-refractivity contribution in [3.05, 3.63) is 63.7 Å². The van der Waals surface area contributed by atoms with Crippen molar-refractivity contribution in [2.45, 2.75) is 67.0 Å². The maximum atomic E-state index is 13.8. The van der Waals surface area contributed by atoms with E-state index < -0.39 is 23.5 Å². The highest BCUT2D eigenvalue weighted by Gasteiger charge is 2.28. The fourth-order valence-electron chi connectivity index (χ4n) is 4.00. The van der Waals surface area contributed by atoms with Gasteiger partial charge in [0.15, 0.2) is 17.6 Å². The molecule has 188 valence electrons. The summed E-state index contributed by atoms with van der Waals surface area (Å²) in [7, 11) is 0. The maximum absolute atomic E-state index is 13.8. The summed E-state index contributed by atoms with van der Waals surface area (Å²) in [5.74, 6) is -1.26. The quantitative estimate of drug-likeness (QED) is 0.472. The van der Waals surface area contributed by atoms with Crippen LogP contribution < -0.4 is 5.11 Å². The molecular weight excluding hydrogens is 448 g/mol. The number of benzene rings is 1. The van der Waals surface area contributed by atoms with Gasteiger partial charge in [-0.2, -0.15) is 10.2 Å². The summed E-state index contributed by atoms with van der Waals surface area (Å²) in [6, 6.07) is 6.92. The van der Waals surface area contributed by atoms with Gasteiger partial charge in [0.25, 0.3) is 0 Å². The van der Waals surface area contributed by atoms with Gasteiger partial charge in [0.1, 0.15) is 0 Å². The van der Waals surface area contributed by atoms with E-state index in [2.05, 4.69) is 10.2 Å². The molecule has 0 unspecified atom stereocenters. The Morgan fingerprint density at radius 2 is 1.34 bits per heavy atom. The number of aromatic nitrogens is 4. The van der Waals surface area contributed by atoms with Crippen LogP contribution in [-0.2, 0) is 14.9 Å². The highest BCUT2D eigenvalue weighted by atomic mass is 16.5. The summed E-state index contributed by atoms with van der Waals surface area (Å²) < 4.78 is 13.4. The van der Waals surface area contributed by atoms with Gasteiger partial charge in [-0.3, -0.25) is 0 Å². The second-order valence-electron chi connectivity index (χ2n) is 9.53. The number of carbonyl (C=O) groups is 2. The van der Waals surface area contributed by atoms with Crippen LogP contribution in [0.5, 0.6) is 5.75 Å². The average molecular weight is 482 g/mol. The van der Waals surface area contributed by atoms with E-state index >= 15 is 0 Å². The lowest BCUT2D eigenvalue weighted by Gasteiger charge is -2.32. The molecular formula is C26H33N4O5-. The Balaban J connectivity index is 2.31. The summed E-state index contributed by atoms with van der Waals surface area (Å²) >= 11 is 0. The van der Waals surface area contributed by atoms with Gasteiger partial charge in [-0.05, 0) is 63.3 Å². The summed E-state index contributed by atoms with van der Waals surface area (Å²) in [6.45, 7) is 15.3. The van der Waals surface area contributed by atoms with Gasteiger partial charge in [-0.1, -0.05) is 44.2 Å². The highest BCUT2D eigenvalue weighted by Crippen LogP contribution is 2.37. The Morgan fingerprint density at radius 1 is 0.886 bits per heavy atom. The van der Waals surface area contributed by atoms with Crippen LogP contribution in [-0.4, -0.2) is 44.7 Å². The number of hydrogen-bond donors (Lipinski definition) is 0. The van der Waals surface area contributed by atoms with Crippen LogP contribution in [0.3, 0.4) is 0 Å². The van der Waals surface area contributed by atoms with E-state index in [-0.39, 0.29) is 30.4 Å². The van der Waals surface area contributed by atoms with Crippen molar-refractivity contribution in [1.82, 2.24) is 19.6 Å². The molecule has 0 fully saturated rings. The Bertz CT molecular complexity index is 1190. The number of nitrogens with zero attached hydrogens (tertiary/aromatic N) is 4. The van der Waals surface area contributed by atoms with Crippen molar-refractivity contribution in [3.63, 3.8) is 0 Å². The zero-order valence-electron chi connectivity index (χ0n) is 21.6. The molecule has 0 saturated heterocycles. The molecule has 0 aliphatic heterocycles. The lowest BCUT2D eigenvalue weighted by molar-refractivity contribution is -0.271. The molecule has 0 N–H and O–H groups in total. The Morgan fingerprint density at radius 3 is 1.74 bits per heavy atom. The lowest BCUT2D eigenvalue weighted by atomic mass is 9.83. The Kier molecular flexibility index (Phi) is 7.38. The Labute approximate surface area is 205 Å².